The van der Waals surface area contributed by atoms with Crippen LogP contribution in [-0.2, 0) is 13.0 Å². The average molecular weight is 247 g/mol. The maximum Gasteiger partial charge on any atom is 0.262 e. The third-order valence-corrected chi connectivity index (χ3v) is 3.85. The Kier molecular flexibility index (Phi) is 3.25. The highest BCUT2D eigenvalue weighted by Gasteiger charge is 2.13. The molecule has 2 aromatic heterocycles. The summed E-state index contributed by atoms with van der Waals surface area (Å²) in [5, 5.41) is 9.28. The minimum atomic E-state index is -0.0218. The number of nitriles is 1. The van der Waals surface area contributed by atoms with Gasteiger partial charge in [0.1, 0.15) is 4.83 Å². The summed E-state index contributed by atoms with van der Waals surface area (Å²) >= 11 is 1.56. The Bertz CT molecular complexity index is 648. The molecule has 5 heteroatoms. The van der Waals surface area contributed by atoms with Crippen LogP contribution in [-0.4, -0.2) is 9.55 Å². The van der Waals surface area contributed by atoms with E-state index < -0.39 is 0 Å². The molecule has 0 unspecified atom stereocenters. The van der Waals surface area contributed by atoms with E-state index in [0.29, 0.717) is 13.0 Å². The highest BCUT2D eigenvalue weighted by molar-refractivity contribution is 7.18. The summed E-state index contributed by atoms with van der Waals surface area (Å²) in [6.45, 7) is 4.47. The average Bonchev–Trinajstić information content (AvgIpc) is 2.65. The summed E-state index contributed by atoms with van der Waals surface area (Å²) in [5.41, 5.74) is 1.07. The number of thiophene rings is 1. The van der Waals surface area contributed by atoms with Crippen molar-refractivity contribution in [2.75, 3.05) is 0 Å². The van der Waals surface area contributed by atoms with Gasteiger partial charge < -0.3 is 0 Å². The minimum absolute atomic E-state index is 0.0218. The monoisotopic (exact) mass is 247 g/mol. The number of aromatic nitrogens is 2. The van der Waals surface area contributed by atoms with Gasteiger partial charge in [-0.3, -0.25) is 9.36 Å². The molecule has 0 amide bonds. The van der Waals surface area contributed by atoms with E-state index in [9.17, 15) is 4.79 Å². The van der Waals surface area contributed by atoms with Crippen LogP contribution in [0, 0.1) is 18.3 Å². The second-order valence-corrected chi connectivity index (χ2v) is 5.02. The molecule has 0 bridgehead atoms. The number of rotatable bonds is 3. The van der Waals surface area contributed by atoms with E-state index >= 15 is 0 Å². The standard InChI is InChI=1S/C12H13N3OS/c1-3-9-8(2)17-11-10(9)12(16)15(7-14-11)6-4-5-13/h7H,3-4,6H2,1-2H3. The van der Waals surface area contributed by atoms with Crippen molar-refractivity contribution in [3.05, 3.63) is 27.1 Å². The van der Waals surface area contributed by atoms with E-state index in [1.807, 2.05) is 19.9 Å². The van der Waals surface area contributed by atoms with E-state index in [4.69, 9.17) is 5.26 Å². The largest absolute Gasteiger partial charge is 0.298 e. The number of fused-ring (bicyclic) bond motifs is 1. The lowest BCUT2D eigenvalue weighted by molar-refractivity contribution is 0.678. The number of hydrogen-bond acceptors (Lipinski definition) is 4. The zero-order valence-corrected chi connectivity index (χ0v) is 10.7. The molecule has 0 saturated heterocycles. The van der Waals surface area contributed by atoms with Crippen molar-refractivity contribution < 1.29 is 0 Å². The van der Waals surface area contributed by atoms with Gasteiger partial charge in [-0.2, -0.15) is 5.26 Å². The Morgan fingerprint density at radius 2 is 2.35 bits per heavy atom. The fraction of sp³-hybridized carbons (Fsp3) is 0.417. The molecule has 0 aliphatic heterocycles. The lowest BCUT2D eigenvalue weighted by Gasteiger charge is -2.02. The molecule has 0 saturated carbocycles. The van der Waals surface area contributed by atoms with Gasteiger partial charge in [0.15, 0.2) is 0 Å². The molecule has 0 radical (unpaired) electrons. The van der Waals surface area contributed by atoms with Gasteiger partial charge in [0, 0.05) is 11.4 Å². The number of hydrogen-bond donors (Lipinski definition) is 0. The predicted molar refractivity (Wildman–Crippen MR) is 68.2 cm³/mol. The van der Waals surface area contributed by atoms with Gasteiger partial charge in [0.05, 0.1) is 24.2 Å². The molecular weight excluding hydrogens is 234 g/mol. The molecular formula is C12H13N3OS. The van der Waals surface area contributed by atoms with Crippen LogP contribution in [0.5, 0.6) is 0 Å². The normalized spacial score (nSPS) is 10.6. The number of nitrogens with zero attached hydrogens (tertiary/aromatic N) is 3. The Balaban J connectivity index is 2.66. The van der Waals surface area contributed by atoms with Crippen molar-refractivity contribution in [3.63, 3.8) is 0 Å². The molecule has 2 heterocycles. The summed E-state index contributed by atoms with van der Waals surface area (Å²) in [5.74, 6) is 0. The maximum absolute atomic E-state index is 12.2. The third-order valence-electron chi connectivity index (χ3n) is 2.80. The maximum atomic E-state index is 12.2. The topological polar surface area (TPSA) is 58.7 Å². The first kappa shape index (κ1) is 11.8. The second kappa shape index (κ2) is 4.68. The molecule has 0 aliphatic carbocycles. The lowest BCUT2D eigenvalue weighted by atomic mass is 10.1. The first-order chi connectivity index (χ1) is 8.19. The molecule has 88 valence electrons. The summed E-state index contributed by atoms with van der Waals surface area (Å²) in [6.07, 6.45) is 2.71. The van der Waals surface area contributed by atoms with Gasteiger partial charge in [-0.1, -0.05) is 6.92 Å². The van der Waals surface area contributed by atoms with Crippen LogP contribution >= 0.6 is 11.3 Å². The fourth-order valence-corrected chi connectivity index (χ4v) is 3.02. The van der Waals surface area contributed by atoms with Crippen LogP contribution in [0.25, 0.3) is 10.2 Å². The lowest BCUT2D eigenvalue weighted by Crippen LogP contribution is -2.20. The van der Waals surface area contributed by atoms with Crippen LogP contribution < -0.4 is 5.56 Å². The molecule has 0 N–H and O–H groups in total. The highest BCUT2D eigenvalue weighted by Crippen LogP contribution is 2.26. The SMILES string of the molecule is CCc1c(C)sc2ncn(CCC#N)c(=O)c12. The van der Waals surface area contributed by atoms with E-state index in [0.717, 1.165) is 27.1 Å². The molecule has 2 aromatic rings. The van der Waals surface area contributed by atoms with Crippen molar-refractivity contribution in [3.8, 4) is 6.07 Å². The Hall–Kier alpha value is -1.67. The van der Waals surface area contributed by atoms with E-state index in [2.05, 4.69) is 4.98 Å². The van der Waals surface area contributed by atoms with Gasteiger partial charge in [0.2, 0.25) is 0 Å². The van der Waals surface area contributed by atoms with Gasteiger partial charge in [-0.25, -0.2) is 4.98 Å². The van der Waals surface area contributed by atoms with E-state index in [1.54, 1.807) is 11.3 Å². The minimum Gasteiger partial charge on any atom is -0.298 e. The molecule has 0 aliphatic rings. The van der Waals surface area contributed by atoms with Crippen LogP contribution in [0.3, 0.4) is 0 Å². The summed E-state index contributed by atoms with van der Waals surface area (Å²) in [6, 6.07) is 2.04. The van der Waals surface area contributed by atoms with Crippen molar-refractivity contribution >= 4 is 21.6 Å². The highest BCUT2D eigenvalue weighted by atomic mass is 32.1. The molecule has 2 rings (SSSR count). The van der Waals surface area contributed by atoms with Crippen LogP contribution in [0.2, 0.25) is 0 Å². The first-order valence-corrected chi connectivity index (χ1v) is 6.35. The van der Waals surface area contributed by atoms with Crippen LogP contribution in [0.1, 0.15) is 23.8 Å². The van der Waals surface area contributed by atoms with Gasteiger partial charge in [-0.15, -0.1) is 11.3 Å². The Labute approximate surface area is 103 Å². The zero-order valence-electron chi connectivity index (χ0n) is 9.86. The zero-order chi connectivity index (χ0) is 12.4. The summed E-state index contributed by atoms with van der Waals surface area (Å²) in [7, 11) is 0. The van der Waals surface area contributed by atoms with Crippen molar-refractivity contribution in [1.82, 2.24) is 9.55 Å². The van der Waals surface area contributed by atoms with Gasteiger partial charge >= 0.3 is 0 Å². The summed E-state index contributed by atoms with van der Waals surface area (Å²) in [4.78, 5) is 18.5. The van der Waals surface area contributed by atoms with Crippen molar-refractivity contribution in [1.29, 1.82) is 5.26 Å². The van der Waals surface area contributed by atoms with Crippen molar-refractivity contribution in [2.45, 2.75) is 33.2 Å². The first-order valence-electron chi connectivity index (χ1n) is 5.53. The Morgan fingerprint density at radius 3 is 3.00 bits per heavy atom. The van der Waals surface area contributed by atoms with Crippen LogP contribution in [0.15, 0.2) is 11.1 Å². The molecule has 0 atom stereocenters. The molecule has 17 heavy (non-hydrogen) atoms. The van der Waals surface area contributed by atoms with Gasteiger partial charge in [-0.05, 0) is 18.9 Å². The summed E-state index contributed by atoms with van der Waals surface area (Å²) < 4.78 is 1.52. The molecule has 0 spiro atoms. The second-order valence-electron chi connectivity index (χ2n) is 3.82. The van der Waals surface area contributed by atoms with Crippen LogP contribution in [0.4, 0.5) is 0 Å². The molecule has 0 fully saturated rings. The quantitative estimate of drug-likeness (QED) is 0.835. The Morgan fingerprint density at radius 1 is 1.59 bits per heavy atom. The smallest absolute Gasteiger partial charge is 0.262 e. The fourth-order valence-electron chi connectivity index (χ4n) is 1.95. The van der Waals surface area contributed by atoms with E-state index in [1.165, 1.54) is 10.9 Å². The predicted octanol–water partition coefficient (Wildman–Crippen LogP) is 2.24. The van der Waals surface area contributed by atoms with E-state index in [-0.39, 0.29) is 5.56 Å². The third kappa shape index (κ3) is 1.96. The molecule has 0 aromatic carbocycles. The van der Waals surface area contributed by atoms with Crippen molar-refractivity contribution in [2.24, 2.45) is 0 Å². The molecule has 4 nitrogen and oxygen atoms in total. The number of aryl methyl sites for hydroxylation is 3. The van der Waals surface area contributed by atoms with Gasteiger partial charge in [0.25, 0.3) is 5.56 Å².